The number of hydrogen-bond donors (Lipinski definition) is 2. The second kappa shape index (κ2) is 7.23. The molecule has 0 saturated heterocycles. The van der Waals surface area contributed by atoms with E-state index in [4.69, 9.17) is 0 Å². The van der Waals surface area contributed by atoms with Crippen molar-refractivity contribution in [2.75, 3.05) is 5.32 Å². The summed E-state index contributed by atoms with van der Waals surface area (Å²) >= 11 is 0. The Kier molecular flexibility index (Phi) is 4.84. The van der Waals surface area contributed by atoms with Crippen LogP contribution in [0.15, 0.2) is 35.1 Å². The average molecular weight is 406 g/mol. The summed E-state index contributed by atoms with van der Waals surface area (Å²) in [5.41, 5.74) is 3.63. The summed E-state index contributed by atoms with van der Waals surface area (Å²) in [6, 6.07) is 9.48. The number of aryl methyl sites for hydroxylation is 1. The molecule has 156 valence electrons. The number of amides is 1. The van der Waals surface area contributed by atoms with E-state index in [2.05, 4.69) is 41.2 Å². The number of anilines is 1. The molecule has 0 aliphatic heterocycles. The second-order valence-electron chi connectivity index (χ2n) is 9.02. The third-order valence-electron chi connectivity index (χ3n) is 5.56. The number of nitrogens with one attached hydrogen (secondary N) is 2. The van der Waals surface area contributed by atoms with E-state index >= 15 is 0 Å². The van der Waals surface area contributed by atoms with Gasteiger partial charge in [-0.2, -0.15) is 9.78 Å². The molecule has 0 atom stereocenters. The van der Waals surface area contributed by atoms with Gasteiger partial charge in [-0.15, -0.1) is 0 Å². The van der Waals surface area contributed by atoms with E-state index in [1.807, 2.05) is 30.3 Å². The summed E-state index contributed by atoms with van der Waals surface area (Å²) < 4.78 is 1.52. The van der Waals surface area contributed by atoms with Gasteiger partial charge in [0.25, 0.3) is 11.5 Å². The lowest BCUT2D eigenvalue weighted by molar-refractivity contribution is 0.102. The Morgan fingerprint density at radius 1 is 1.17 bits per heavy atom. The maximum atomic E-state index is 12.9. The Morgan fingerprint density at radius 2 is 1.83 bits per heavy atom. The predicted octanol–water partition coefficient (Wildman–Crippen LogP) is 4.00. The lowest BCUT2D eigenvalue weighted by atomic mass is 9.87. The summed E-state index contributed by atoms with van der Waals surface area (Å²) in [6.45, 7) is 9.92. The zero-order valence-corrected chi connectivity index (χ0v) is 18.0. The quantitative estimate of drug-likeness (QED) is 0.686. The first-order valence-corrected chi connectivity index (χ1v) is 10.2. The summed E-state index contributed by atoms with van der Waals surface area (Å²) in [4.78, 5) is 32.4. The molecule has 2 aromatic heterocycles. The van der Waals surface area contributed by atoms with Crippen molar-refractivity contribution in [1.82, 2.24) is 19.7 Å². The molecule has 0 spiro atoms. The number of hydrogen-bond acceptors (Lipinski definition) is 4. The fraction of sp³-hybridized carbons (Fsp3) is 0.391. The van der Waals surface area contributed by atoms with E-state index < -0.39 is 0 Å². The number of rotatable bonds is 4. The van der Waals surface area contributed by atoms with Crippen LogP contribution in [-0.4, -0.2) is 25.7 Å². The second-order valence-corrected chi connectivity index (χ2v) is 9.02. The fourth-order valence-electron chi connectivity index (χ4n) is 3.27. The highest BCUT2D eigenvalue weighted by atomic mass is 16.1. The molecule has 1 aromatic carbocycles. The van der Waals surface area contributed by atoms with Crippen LogP contribution in [0.5, 0.6) is 0 Å². The zero-order chi connectivity index (χ0) is 21.6. The van der Waals surface area contributed by atoms with Crippen molar-refractivity contribution in [3.05, 3.63) is 68.8 Å². The number of H-pyrrole nitrogens is 1. The van der Waals surface area contributed by atoms with E-state index in [1.54, 1.807) is 13.8 Å². The van der Waals surface area contributed by atoms with Crippen LogP contribution in [0.2, 0.25) is 0 Å². The molecule has 0 radical (unpaired) electrons. The molecule has 7 nitrogen and oxygen atoms in total. The predicted molar refractivity (Wildman–Crippen MR) is 117 cm³/mol. The van der Waals surface area contributed by atoms with Gasteiger partial charge in [-0.1, -0.05) is 32.9 Å². The van der Waals surface area contributed by atoms with Crippen LogP contribution in [0.4, 0.5) is 5.82 Å². The van der Waals surface area contributed by atoms with Crippen LogP contribution in [0.3, 0.4) is 0 Å². The van der Waals surface area contributed by atoms with Gasteiger partial charge in [0.1, 0.15) is 5.82 Å². The number of carbonyl (C=O) groups is 1. The van der Waals surface area contributed by atoms with E-state index in [0.29, 0.717) is 34.5 Å². The summed E-state index contributed by atoms with van der Waals surface area (Å²) in [6.07, 6.45) is 2.16. The van der Waals surface area contributed by atoms with Gasteiger partial charge in [-0.05, 0) is 49.8 Å². The molecule has 4 rings (SSSR count). The van der Waals surface area contributed by atoms with E-state index in [9.17, 15) is 9.59 Å². The van der Waals surface area contributed by atoms with E-state index in [1.165, 1.54) is 4.68 Å². The summed E-state index contributed by atoms with van der Waals surface area (Å²) in [7, 11) is 0. The first kappa shape index (κ1) is 20.1. The molecule has 0 unspecified atom stereocenters. The first-order valence-electron chi connectivity index (χ1n) is 10.2. The molecule has 1 saturated carbocycles. The minimum atomic E-state index is -0.231. The van der Waals surface area contributed by atoms with Crippen molar-refractivity contribution < 1.29 is 4.79 Å². The highest BCUT2D eigenvalue weighted by molar-refractivity contribution is 6.04. The van der Waals surface area contributed by atoms with Crippen molar-refractivity contribution in [2.45, 2.75) is 58.8 Å². The van der Waals surface area contributed by atoms with Gasteiger partial charge in [0, 0.05) is 28.8 Å². The molecule has 7 heteroatoms. The molecule has 1 fully saturated rings. The minimum absolute atomic E-state index is 0.0215. The van der Waals surface area contributed by atoms with Gasteiger partial charge < -0.3 is 5.32 Å². The van der Waals surface area contributed by atoms with Crippen LogP contribution >= 0.6 is 0 Å². The highest BCUT2D eigenvalue weighted by Gasteiger charge is 2.28. The molecule has 0 bridgehead atoms. The Hall–Kier alpha value is -3.22. The molecule has 1 aliphatic rings. The van der Waals surface area contributed by atoms with Gasteiger partial charge in [-0.25, -0.2) is 4.98 Å². The monoisotopic (exact) mass is 405 g/mol. The third-order valence-corrected chi connectivity index (χ3v) is 5.56. The van der Waals surface area contributed by atoms with Crippen molar-refractivity contribution in [3.63, 3.8) is 0 Å². The van der Waals surface area contributed by atoms with E-state index in [0.717, 1.165) is 24.1 Å². The largest absolute Gasteiger partial charge is 0.306 e. The maximum absolute atomic E-state index is 12.9. The number of aromatic amines is 1. The zero-order valence-electron chi connectivity index (χ0n) is 18.0. The molecule has 1 amide bonds. The lowest BCUT2D eigenvalue weighted by Crippen LogP contribution is -2.21. The van der Waals surface area contributed by atoms with E-state index in [-0.39, 0.29) is 16.9 Å². The van der Waals surface area contributed by atoms with Crippen LogP contribution in [0.1, 0.15) is 72.4 Å². The topological polar surface area (TPSA) is 92.7 Å². The van der Waals surface area contributed by atoms with Crippen LogP contribution < -0.4 is 10.9 Å². The van der Waals surface area contributed by atoms with Crippen molar-refractivity contribution in [1.29, 1.82) is 0 Å². The molecule has 2 N–H and O–H groups in total. The Balaban J connectivity index is 1.67. The average Bonchev–Trinajstić information content (AvgIpc) is 3.46. The normalized spacial score (nSPS) is 14.0. The van der Waals surface area contributed by atoms with Crippen LogP contribution in [0.25, 0.3) is 5.95 Å². The summed E-state index contributed by atoms with van der Waals surface area (Å²) in [5.74, 6) is 0.956. The molecule has 3 aromatic rings. The highest BCUT2D eigenvalue weighted by Crippen LogP contribution is 2.40. The smallest absolute Gasteiger partial charge is 0.256 e. The molecular weight excluding hydrogens is 378 g/mol. The Labute approximate surface area is 175 Å². The first-order chi connectivity index (χ1) is 14.1. The molecule has 1 aliphatic carbocycles. The maximum Gasteiger partial charge on any atom is 0.256 e. The number of carbonyl (C=O) groups excluding carboxylic acids is 1. The standard InChI is InChI=1S/C23H27N5O2/c1-13-14(2)24-22(26-20(13)29)28-19(12-18(27-28)15-6-7-15)25-21(30)16-8-10-17(11-9-16)23(3,4)5/h8-12,15H,6-7H2,1-5H3,(H,25,30)(H,24,26,29). The van der Waals surface area contributed by atoms with Gasteiger partial charge in [0.15, 0.2) is 0 Å². The van der Waals surface area contributed by atoms with Crippen molar-refractivity contribution in [2.24, 2.45) is 0 Å². The minimum Gasteiger partial charge on any atom is -0.306 e. The Bertz CT molecular complexity index is 1160. The van der Waals surface area contributed by atoms with Crippen molar-refractivity contribution >= 4 is 11.7 Å². The lowest BCUT2D eigenvalue weighted by Gasteiger charge is -2.19. The molecular formula is C23H27N5O2. The van der Waals surface area contributed by atoms with Crippen molar-refractivity contribution in [3.8, 4) is 5.95 Å². The number of aromatic nitrogens is 4. The van der Waals surface area contributed by atoms with Gasteiger partial charge in [0.2, 0.25) is 5.95 Å². The number of benzene rings is 1. The van der Waals surface area contributed by atoms with Gasteiger partial charge in [-0.3, -0.25) is 14.6 Å². The van der Waals surface area contributed by atoms with Crippen LogP contribution in [-0.2, 0) is 5.41 Å². The fourth-order valence-corrected chi connectivity index (χ4v) is 3.27. The third kappa shape index (κ3) is 3.92. The van der Waals surface area contributed by atoms with Crippen LogP contribution in [0, 0.1) is 13.8 Å². The Morgan fingerprint density at radius 3 is 2.40 bits per heavy atom. The van der Waals surface area contributed by atoms with Gasteiger partial charge >= 0.3 is 0 Å². The SMILES string of the molecule is Cc1nc(-n2nc(C3CC3)cc2NC(=O)c2ccc(C(C)(C)C)cc2)[nH]c(=O)c1C. The number of nitrogens with zero attached hydrogens (tertiary/aromatic N) is 3. The molecule has 2 heterocycles. The van der Waals surface area contributed by atoms with Gasteiger partial charge in [0.05, 0.1) is 5.69 Å². The summed E-state index contributed by atoms with van der Waals surface area (Å²) in [5, 5.41) is 7.56. The molecule has 30 heavy (non-hydrogen) atoms.